The van der Waals surface area contributed by atoms with Crippen LogP contribution in [0.3, 0.4) is 0 Å². The zero-order valence-electron chi connectivity index (χ0n) is 11.6. The van der Waals surface area contributed by atoms with Crippen LogP contribution in [-0.4, -0.2) is 29.5 Å². The summed E-state index contributed by atoms with van der Waals surface area (Å²) in [6, 6.07) is 3.78. The van der Waals surface area contributed by atoms with E-state index in [9.17, 15) is 4.79 Å². The molecule has 0 radical (unpaired) electrons. The molecule has 0 bridgehead atoms. The number of amides is 1. The SMILES string of the molecule is CNCCC(=O)NC(C)c1nc(-c2ccncc2)cs1. The molecule has 5 nitrogen and oxygen atoms in total. The molecule has 2 aromatic rings. The summed E-state index contributed by atoms with van der Waals surface area (Å²) in [5.74, 6) is 0.0347. The fraction of sp³-hybridized carbons (Fsp3) is 0.357. The average molecular weight is 290 g/mol. The van der Waals surface area contributed by atoms with Crippen LogP contribution in [0.25, 0.3) is 11.3 Å². The Balaban J connectivity index is 2.00. The second-order valence-electron chi connectivity index (χ2n) is 4.45. The largest absolute Gasteiger partial charge is 0.347 e. The molecule has 2 heterocycles. The van der Waals surface area contributed by atoms with Crippen LogP contribution in [0.2, 0.25) is 0 Å². The third kappa shape index (κ3) is 3.85. The molecule has 2 N–H and O–H groups in total. The van der Waals surface area contributed by atoms with Crippen molar-refractivity contribution >= 4 is 17.2 Å². The standard InChI is InChI=1S/C14H18N4OS/c1-10(17-13(19)5-6-15-2)14-18-12(9-20-14)11-3-7-16-8-4-11/h3-4,7-10,15H,5-6H2,1-2H3,(H,17,19). The van der Waals surface area contributed by atoms with Crippen LogP contribution in [0.4, 0.5) is 0 Å². The second kappa shape index (κ2) is 7.12. The smallest absolute Gasteiger partial charge is 0.221 e. The monoisotopic (exact) mass is 290 g/mol. The summed E-state index contributed by atoms with van der Waals surface area (Å²) in [6.07, 6.45) is 3.97. The van der Waals surface area contributed by atoms with E-state index in [1.807, 2.05) is 31.5 Å². The highest BCUT2D eigenvalue weighted by Gasteiger charge is 2.13. The Hall–Kier alpha value is -1.79. The first-order valence-corrected chi connectivity index (χ1v) is 7.38. The maximum absolute atomic E-state index is 11.7. The van der Waals surface area contributed by atoms with E-state index in [-0.39, 0.29) is 11.9 Å². The molecule has 0 aliphatic rings. The lowest BCUT2D eigenvalue weighted by Crippen LogP contribution is -2.28. The fourth-order valence-corrected chi connectivity index (χ4v) is 2.59. The molecule has 20 heavy (non-hydrogen) atoms. The predicted octanol–water partition coefficient (Wildman–Crippen LogP) is 1.99. The first-order valence-electron chi connectivity index (χ1n) is 6.50. The lowest BCUT2D eigenvalue weighted by Gasteiger charge is -2.10. The van der Waals surface area contributed by atoms with Crippen LogP contribution in [0.15, 0.2) is 29.9 Å². The Bertz CT molecular complexity index is 555. The topological polar surface area (TPSA) is 66.9 Å². The van der Waals surface area contributed by atoms with Crippen molar-refractivity contribution in [2.75, 3.05) is 13.6 Å². The number of aromatic nitrogens is 2. The zero-order valence-corrected chi connectivity index (χ0v) is 12.4. The van der Waals surface area contributed by atoms with Gasteiger partial charge in [0.15, 0.2) is 0 Å². The van der Waals surface area contributed by atoms with Crippen molar-refractivity contribution in [3.05, 3.63) is 34.9 Å². The quantitative estimate of drug-likeness (QED) is 0.854. The second-order valence-corrected chi connectivity index (χ2v) is 5.34. The Morgan fingerprint density at radius 2 is 2.15 bits per heavy atom. The lowest BCUT2D eigenvalue weighted by molar-refractivity contribution is -0.121. The van der Waals surface area contributed by atoms with Crippen molar-refractivity contribution in [3.8, 4) is 11.3 Å². The van der Waals surface area contributed by atoms with Gasteiger partial charge in [0.25, 0.3) is 0 Å². The first kappa shape index (κ1) is 14.6. The van der Waals surface area contributed by atoms with Gasteiger partial charge in [-0.05, 0) is 26.1 Å². The number of nitrogens with one attached hydrogen (secondary N) is 2. The maximum Gasteiger partial charge on any atom is 0.221 e. The number of carbonyl (C=O) groups excluding carboxylic acids is 1. The highest BCUT2D eigenvalue weighted by molar-refractivity contribution is 7.10. The average Bonchev–Trinajstić information content (AvgIpc) is 2.96. The molecule has 106 valence electrons. The number of rotatable bonds is 6. The van der Waals surface area contributed by atoms with Crippen molar-refractivity contribution < 1.29 is 4.79 Å². The van der Waals surface area contributed by atoms with Crippen LogP contribution >= 0.6 is 11.3 Å². The molecule has 6 heteroatoms. The van der Waals surface area contributed by atoms with E-state index in [1.165, 1.54) is 0 Å². The number of nitrogens with zero attached hydrogens (tertiary/aromatic N) is 2. The van der Waals surface area contributed by atoms with Crippen LogP contribution in [0.1, 0.15) is 24.4 Å². The van der Waals surface area contributed by atoms with Crippen LogP contribution in [-0.2, 0) is 4.79 Å². The summed E-state index contributed by atoms with van der Waals surface area (Å²) in [7, 11) is 1.83. The molecule has 0 aromatic carbocycles. The van der Waals surface area contributed by atoms with Gasteiger partial charge in [0.2, 0.25) is 5.91 Å². The van der Waals surface area contributed by atoms with Gasteiger partial charge in [-0.2, -0.15) is 0 Å². The summed E-state index contributed by atoms with van der Waals surface area (Å²) in [4.78, 5) is 20.2. The van der Waals surface area contributed by atoms with Crippen LogP contribution < -0.4 is 10.6 Å². The number of hydrogen-bond acceptors (Lipinski definition) is 5. The van der Waals surface area contributed by atoms with Gasteiger partial charge in [0, 0.05) is 36.3 Å². The Labute approximate surface area is 122 Å². The highest BCUT2D eigenvalue weighted by Crippen LogP contribution is 2.24. The summed E-state index contributed by atoms with van der Waals surface area (Å²) >= 11 is 1.56. The Morgan fingerprint density at radius 3 is 2.85 bits per heavy atom. The molecule has 0 spiro atoms. The van der Waals surface area contributed by atoms with E-state index < -0.39 is 0 Å². The van der Waals surface area contributed by atoms with E-state index in [0.717, 1.165) is 16.3 Å². The van der Waals surface area contributed by atoms with Gasteiger partial charge in [-0.15, -0.1) is 11.3 Å². The van der Waals surface area contributed by atoms with E-state index >= 15 is 0 Å². The van der Waals surface area contributed by atoms with Gasteiger partial charge in [0.05, 0.1) is 11.7 Å². The summed E-state index contributed by atoms with van der Waals surface area (Å²) < 4.78 is 0. The molecule has 0 saturated carbocycles. The van der Waals surface area contributed by atoms with Crippen molar-refractivity contribution in [1.82, 2.24) is 20.6 Å². The molecular formula is C14H18N4OS. The van der Waals surface area contributed by atoms with E-state index in [4.69, 9.17) is 0 Å². The third-order valence-electron chi connectivity index (χ3n) is 2.85. The van der Waals surface area contributed by atoms with Crippen molar-refractivity contribution in [2.24, 2.45) is 0 Å². The minimum atomic E-state index is -0.0695. The number of carbonyl (C=O) groups is 1. The van der Waals surface area contributed by atoms with Crippen molar-refractivity contribution in [1.29, 1.82) is 0 Å². The molecule has 1 atom stereocenters. The van der Waals surface area contributed by atoms with E-state index in [2.05, 4.69) is 20.6 Å². The molecule has 2 rings (SSSR count). The normalized spacial score (nSPS) is 12.1. The van der Waals surface area contributed by atoms with Gasteiger partial charge in [0.1, 0.15) is 5.01 Å². The number of hydrogen-bond donors (Lipinski definition) is 2. The minimum absolute atomic E-state index is 0.0347. The maximum atomic E-state index is 11.7. The molecule has 1 unspecified atom stereocenters. The molecule has 0 aliphatic carbocycles. The van der Waals surface area contributed by atoms with Crippen molar-refractivity contribution in [3.63, 3.8) is 0 Å². The number of pyridine rings is 1. The van der Waals surface area contributed by atoms with Gasteiger partial charge in [-0.25, -0.2) is 4.98 Å². The van der Waals surface area contributed by atoms with Crippen LogP contribution in [0, 0.1) is 0 Å². The Kier molecular flexibility index (Phi) is 5.20. The Morgan fingerprint density at radius 1 is 1.40 bits per heavy atom. The first-order chi connectivity index (χ1) is 9.70. The lowest BCUT2D eigenvalue weighted by atomic mass is 10.2. The van der Waals surface area contributed by atoms with Gasteiger partial charge in [-0.1, -0.05) is 0 Å². The van der Waals surface area contributed by atoms with E-state index in [1.54, 1.807) is 23.7 Å². The van der Waals surface area contributed by atoms with Crippen molar-refractivity contribution in [2.45, 2.75) is 19.4 Å². The summed E-state index contributed by atoms with van der Waals surface area (Å²) in [5.41, 5.74) is 1.96. The number of thiazole rings is 1. The van der Waals surface area contributed by atoms with Gasteiger partial charge >= 0.3 is 0 Å². The van der Waals surface area contributed by atoms with E-state index in [0.29, 0.717) is 13.0 Å². The minimum Gasteiger partial charge on any atom is -0.347 e. The third-order valence-corrected chi connectivity index (χ3v) is 3.88. The molecule has 0 aliphatic heterocycles. The van der Waals surface area contributed by atoms with Crippen LogP contribution in [0.5, 0.6) is 0 Å². The van der Waals surface area contributed by atoms with Gasteiger partial charge in [-0.3, -0.25) is 9.78 Å². The summed E-state index contributed by atoms with van der Waals surface area (Å²) in [5, 5.41) is 8.82. The highest BCUT2D eigenvalue weighted by atomic mass is 32.1. The molecule has 2 aromatic heterocycles. The molecule has 0 saturated heterocycles. The zero-order chi connectivity index (χ0) is 14.4. The summed E-state index contributed by atoms with van der Waals surface area (Å²) in [6.45, 7) is 2.63. The van der Waals surface area contributed by atoms with Gasteiger partial charge < -0.3 is 10.6 Å². The molecular weight excluding hydrogens is 272 g/mol. The fourth-order valence-electron chi connectivity index (χ4n) is 1.76. The predicted molar refractivity (Wildman–Crippen MR) is 80.4 cm³/mol. The molecule has 0 fully saturated rings. The molecule has 1 amide bonds.